The van der Waals surface area contributed by atoms with Crippen LogP contribution in [-0.2, 0) is 18.5 Å². The van der Waals surface area contributed by atoms with Gasteiger partial charge in [-0.05, 0) is 11.1 Å². The molecular weight excluding hydrogens is 352 g/mol. The van der Waals surface area contributed by atoms with E-state index in [0.29, 0.717) is 0 Å². The molecule has 2 aromatic carbocycles. The minimum atomic E-state index is -0.00986. The van der Waals surface area contributed by atoms with Crippen molar-refractivity contribution in [1.29, 1.82) is 0 Å². The third-order valence-corrected chi connectivity index (χ3v) is 6.09. The second kappa shape index (κ2) is 6.97. The van der Waals surface area contributed by atoms with E-state index in [-0.39, 0.29) is 5.41 Å². The van der Waals surface area contributed by atoms with Crippen molar-refractivity contribution < 1.29 is 9.13 Å². The zero-order chi connectivity index (χ0) is 19.8. The molecule has 0 spiro atoms. The lowest BCUT2D eigenvalue weighted by Crippen LogP contribution is -2.36. The number of hydrogen-bond acceptors (Lipinski definition) is 0. The highest BCUT2D eigenvalue weighted by Gasteiger charge is 2.39. The normalized spacial score (nSPS) is 13.7. The van der Waals surface area contributed by atoms with Crippen LogP contribution in [0.4, 0.5) is 0 Å². The van der Waals surface area contributed by atoms with Crippen molar-refractivity contribution in [1.82, 2.24) is 0 Å². The third kappa shape index (κ3) is 3.25. The second-order valence-corrected chi connectivity index (χ2v) is 8.49. The predicted molar refractivity (Wildman–Crippen MR) is 115 cm³/mol. The number of pyridine rings is 2. The number of nitrogens with zero attached hydrogens (tertiary/aromatic N) is 2. The molecule has 0 bridgehead atoms. The first-order valence-corrected chi connectivity index (χ1v) is 10.3. The summed E-state index contributed by atoms with van der Waals surface area (Å²) in [7, 11) is 0. The van der Waals surface area contributed by atoms with Gasteiger partial charge >= 0.3 is 0 Å². The summed E-state index contributed by atoms with van der Waals surface area (Å²) in [6, 6.07) is 25.9. The molecule has 0 saturated carbocycles. The van der Waals surface area contributed by atoms with Crippen LogP contribution in [-0.4, -0.2) is 0 Å². The molecule has 0 atom stereocenters. The fraction of sp³-hybridized carbons (Fsp3) is 0.185. The minimum Gasteiger partial charge on any atom is -0.200 e. The summed E-state index contributed by atoms with van der Waals surface area (Å²) in [6.07, 6.45) is 9.10. The van der Waals surface area contributed by atoms with Gasteiger partial charge in [-0.1, -0.05) is 74.5 Å². The van der Waals surface area contributed by atoms with Crippen LogP contribution in [0.2, 0.25) is 0 Å². The van der Waals surface area contributed by atoms with Gasteiger partial charge in [-0.25, -0.2) is 9.13 Å². The fourth-order valence-corrected chi connectivity index (χ4v) is 4.47. The average Bonchev–Trinajstić information content (AvgIpc) is 2.96. The molecule has 142 valence electrons. The maximum atomic E-state index is 2.34. The lowest BCUT2D eigenvalue weighted by molar-refractivity contribution is -0.689. The van der Waals surface area contributed by atoms with Crippen LogP contribution in [0, 0.1) is 0 Å². The van der Waals surface area contributed by atoms with Crippen LogP contribution < -0.4 is 9.13 Å². The van der Waals surface area contributed by atoms with Gasteiger partial charge in [0.15, 0.2) is 37.9 Å². The van der Waals surface area contributed by atoms with Crippen LogP contribution in [0.25, 0.3) is 11.1 Å². The van der Waals surface area contributed by atoms with E-state index in [1.807, 2.05) is 0 Å². The highest BCUT2D eigenvalue weighted by atomic mass is 14.9. The van der Waals surface area contributed by atoms with E-state index in [1.165, 1.54) is 33.4 Å². The third-order valence-electron chi connectivity index (χ3n) is 6.09. The summed E-state index contributed by atoms with van der Waals surface area (Å²) in [6.45, 7) is 6.48. The molecule has 2 aromatic heterocycles. The molecule has 2 heterocycles. The van der Waals surface area contributed by atoms with Crippen molar-refractivity contribution in [3.8, 4) is 11.1 Å². The van der Waals surface area contributed by atoms with Crippen LogP contribution in [0.5, 0.6) is 0 Å². The standard InChI is InChI=1S/C27H26N2/c1-27(2)25-19-28(17-21-9-5-3-6-10-21)15-13-23(25)24-14-16-29(20-26(24)27)18-22-11-7-4-8-12-22/h3-16,19-20H,17-18H2,1-2H3/q+2. The summed E-state index contributed by atoms with van der Waals surface area (Å²) in [5.74, 6) is 0. The molecule has 29 heavy (non-hydrogen) atoms. The van der Waals surface area contributed by atoms with Gasteiger partial charge < -0.3 is 0 Å². The Hall–Kier alpha value is -3.26. The van der Waals surface area contributed by atoms with E-state index in [1.54, 1.807) is 0 Å². The summed E-state index contributed by atoms with van der Waals surface area (Å²) in [5, 5.41) is 0. The van der Waals surface area contributed by atoms with Gasteiger partial charge in [0.1, 0.15) is 0 Å². The highest BCUT2D eigenvalue weighted by molar-refractivity contribution is 5.78. The predicted octanol–water partition coefficient (Wildman–Crippen LogP) is 4.66. The lowest BCUT2D eigenvalue weighted by Gasteiger charge is -2.18. The Morgan fingerprint density at radius 1 is 0.586 bits per heavy atom. The summed E-state index contributed by atoms with van der Waals surface area (Å²) >= 11 is 0. The Morgan fingerprint density at radius 2 is 1.00 bits per heavy atom. The van der Waals surface area contributed by atoms with Crippen molar-refractivity contribution in [2.75, 3.05) is 0 Å². The highest BCUT2D eigenvalue weighted by Crippen LogP contribution is 2.47. The van der Waals surface area contributed by atoms with Gasteiger partial charge in [0.2, 0.25) is 0 Å². The Bertz CT molecular complexity index is 1070. The molecule has 0 fully saturated rings. The van der Waals surface area contributed by atoms with Crippen molar-refractivity contribution in [3.63, 3.8) is 0 Å². The zero-order valence-electron chi connectivity index (χ0n) is 17.0. The Morgan fingerprint density at radius 3 is 1.41 bits per heavy atom. The van der Waals surface area contributed by atoms with E-state index in [2.05, 4.69) is 121 Å². The summed E-state index contributed by atoms with van der Waals surface area (Å²) in [5.41, 5.74) is 8.18. The SMILES string of the molecule is CC1(C)c2c[n+](Cc3ccccc3)ccc2-c2cc[n+](Cc3ccccc3)cc21. The van der Waals surface area contributed by atoms with Gasteiger partial charge in [-0.3, -0.25) is 0 Å². The van der Waals surface area contributed by atoms with Crippen LogP contribution in [0.15, 0.2) is 97.6 Å². The molecule has 0 amide bonds. The Labute approximate surface area is 172 Å². The fourth-order valence-electron chi connectivity index (χ4n) is 4.47. The average molecular weight is 379 g/mol. The number of fused-ring (bicyclic) bond motifs is 3. The first-order valence-electron chi connectivity index (χ1n) is 10.3. The molecule has 4 aromatic rings. The minimum absolute atomic E-state index is 0.00986. The molecule has 2 heteroatoms. The Balaban J connectivity index is 1.49. The van der Waals surface area contributed by atoms with E-state index in [9.17, 15) is 0 Å². The van der Waals surface area contributed by atoms with Gasteiger partial charge in [0.05, 0.1) is 0 Å². The molecular formula is C27H26N2+2. The van der Waals surface area contributed by atoms with Crippen molar-refractivity contribution in [2.24, 2.45) is 0 Å². The topological polar surface area (TPSA) is 7.76 Å². The van der Waals surface area contributed by atoms with Gasteiger partial charge in [-0.2, -0.15) is 0 Å². The first kappa shape index (κ1) is 17.8. The molecule has 1 aliphatic carbocycles. The molecule has 0 N–H and O–H groups in total. The van der Waals surface area contributed by atoms with Crippen molar-refractivity contribution in [2.45, 2.75) is 32.4 Å². The van der Waals surface area contributed by atoms with Crippen LogP contribution in [0.3, 0.4) is 0 Å². The van der Waals surface area contributed by atoms with Crippen molar-refractivity contribution >= 4 is 0 Å². The first-order chi connectivity index (χ1) is 14.1. The van der Waals surface area contributed by atoms with Crippen LogP contribution in [0.1, 0.15) is 36.1 Å². The van der Waals surface area contributed by atoms with E-state index in [4.69, 9.17) is 0 Å². The zero-order valence-corrected chi connectivity index (χ0v) is 17.0. The largest absolute Gasteiger partial charge is 0.200 e. The number of aromatic nitrogens is 2. The van der Waals surface area contributed by atoms with E-state index >= 15 is 0 Å². The number of hydrogen-bond donors (Lipinski definition) is 0. The lowest BCUT2D eigenvalue weighted by atomic mass is 9.84. The van der Waals surface area contributed by atoms with E-state index < -0.39 is 0 Å². The molecule has 0 unspecified atom stereocenters. The smallest absolute Gasteiger partial charge is 0.173 e. The van der Waals surface area contributed by atoms with Gasteiger partial charge in [0.25, 0.3) is 0 Å². The van der Waals surface area contributed by atoms with Gasteiger partial charge in [-0.15, -0.1) is 0 Å². The molecule has 1 aliphatic rings. The number of benzene rings is 2. The molecule has 2 nitrogen and oxygen atoms in total. The maximum Gasteiger partial charge on any atom is 0.173 e. The summed E-state index contributed by atoms with van der Waals surface area (Å²) in [4.78, 5) is 0. The molecule has 0 aliphatic heterocycles. The quantitative estimate of drug-likeness (QED) is 0.456. The Kier molecular flexibility index (Phi) is 4.28. The number of rotatable bonds is 4. The molecule has 5 rings (SSSR count). The molecule has 0 radical (unpaired) electrons. The maximum absolute atomic E-state index is 2.34. The summed E-state index contributed by atoms with van der Waals surface area (Å²) < 4.78 is 4.61. The van der Waals surface area contributed by atoms with Gasteiger partial charge in [0, 0.05) is 39.8 Å². The monoisotopic (exact) mass is 378 g/mol. The van der Waals surface area contributed by atoms with E-state index in [0.717, 1.165) is 13.1 Å². The van der Waals surface area contributed by atoms with Crippen molar-refractivity contribution in [3.05, 3.63) is 120 Å². The molecule has 0 saturated heterocycles. The van der Waals surface area contributed by atoms with Crippen LogP contribution >= 0.6 is 0 Å². The second-order valence-electron chi connectivity index (χ2n) is 8.49.